The molecule has 2 aliphatic rings. The Balaban J connectivity index is 1.87. The molecule has 0 aromatic heterocycles. The van der Waals surface area contributed by atoms with Crippen LogP contribution in [0.3, 0.4) is 0 Å². The van der Waals surface area contributed by atoms with E-state index in [1.807, 2.05) is 0 Å². The molecule has 2 heteroatoms. The molecule has 1 saturated heterocycles. The number of hydrogen-bond acceptors (Lipinski definition) is 2. The average Bonchev–Trinajstić information content (AvgIpc) is 2.44. The van der Waals surface area contributed by atoms with Crippen LogP contribution in [0.2, 0.25) is 0 Å². The Morgan fingerprint density at radius 2 is 1.86 bits per heavy atom. The first kappa shape index (κ1) is 10.4. The zero-order chi connectivity index (χ0) is 9.80. The standard InChI is InChI=1S/C12H24N2/c1-11-10-14(9-5-8-13-11)12-6-3-2-4-7-12/h11-13H,2-10H2,1H3. The molecule has 1 N–H and O–H groups in total. The van der Waals surface area contributed by atoms with Crippen molar-refractivity contribution in [1.82, 2.24) is 10.2 Å². The highest BCUT2D eigenvalue weighted by Gasteiger charge is 2.23. The highest BCUT2D eigenvalue weighted by Crippen LogP contribution is 2.23. The molecular formula is C12H24N2. The van der Waals surface area contributed by atoms with Gasteiger partial charge in [-0.25, -0.2) is 0 Å². The number of nitrogens with one attached hydrogen (secondary N) is 1. The highest BCUT2D eigenvalue weighted by molar-refractivity contribution is 4.81. The molecule has 0 radical (unpaired) electrons. The van der Waals surface area contributed by atoms with Crippen LogP contribution in [0.4, 0.5) is 0 Å². The van der Waals surface area contributed by atoms with E-state index in [0.717, 1.165) is 6.04 Å². The minimum absolute atomic E-state index is 0.694. The van der Waals surface area contributed by atoms with Gasteiger partial charge in [0.25, 0.3) is 0 Å². The van der Waals surface area contributed by atoms with Crippen molar-refractivity contribution in [1.29, 1.82) is 0 Å². The summed E-state index contributed by atoms with van der Waals surface area (Å²) in [6.45, 7) is 6.12. The molecule has 1 atom stereocenters. The van der Waals surface area contributed by atoms with E-state index in [4.69, 9.17) is 0 Å². The second-order valence-electron chi connectivity index (χ2n) is 5.00. The fourth-order valence-electron chi connectivity index (χ4n) is 2.92. The Kier molecular flexibility index (Phi) is 3.82. The summed E-state index contributed by atoms with van der Waals surface area (Å²) in [5, 5.41) is 3.57. The van der Waals surface area contributed by atoms with Crippen LogP contribution in [-0.2, 0) is 0 Å². The molecule has 1 heterocycles. The van der Waals surface area contributed by atoms with E-state index in [1.54, 1.807) is 0 Å². The summed E-state index contributed by atoms with van der Waals surface area (Å²) in [7, 11) is 0. The maximum Gasteiger partial charge on any atom is 0.0166 e. The molecule has 1 unspecified atom stereocenters. The largest absolute Gasteiger partial charge is 0.313 e. The van der Waals surface area contributed by atoms with Crippen molar-refractivity contribution in [3.8, 4) is 0 Å². The molecule has 2 fully saturated rings. The fourth-order valence-corrected chi connectivity index (χ4v) is 2.92. The van der Waals surface area contributed by atoms with Crippen molar-refractivity contribution in [2.45, 2.75) is 57.5 Å². The lowest BCUT2D eigenvalue weighted by atomic mass is 9.94. The molecule has 2 rings (SSSR count). The molecule has 1 saturated carbocycles. The van der Waals surface area contributed by atoms with Gasteiger partial charge >= 0.3 is 0 Å². The molecular weight excluding hydrogens is 172 g/mol. The first-order valence-corrected chi connectivity index (χ1v) is 6.33. The lowest BCUT2D eigenvalue weighted by molar-refractivity contribution is 0.156. The summed E-state index contributed by atoms with van der Waals surface area (Å²) in [6, 6.07) is 1.60. The van der Waals surface area contributed by atoms with Crippen LogP contribution in [0.25, 0.3) is 0 Å². The van der Waals surface area contributed by atoms with E-state index >= 15 is 0 Å². The highest BCUT2D eigenvalue weighted by atomic mass is 15.2. The number of nitrogens with zero attached hydrogens (tertiary/aromatic N) is 1. The van der Waals surface area contributed by atoms with Gasteiger partial charge in [0.2, 0.25) is 0 Å². The van der Waals surface area contributed by atoms with Crippen molar-refractivity contribution >= 4 is 0 Å². The smallest absolute Gasteiger partial charge is 0.0166 e. The van der Waals surface area contributed by atoms with Crippen molar-refractivity contribution in [2.75, 3.05) is 19.6 Å². The lowest BCUT2D eigenvalue weighted by Gasteiger charge is -2.34. The molecule has 1 aliphatic carbocycles. The maximum absolute atomic E-state index is 3.57. The van der Waals surface area contributed by atoms with E-state index in [2.05, 4.69) is 17.1 Å². The van der Waals surface area contributed by atoms with Gasteiger partial charge < -0.3 is 5.32 Å². The van der Waals surface area contributed by atoms with Gasteiger partial charge in [0, 0.05) is 18.6 Å². The zero-order valence-electron chi connectivity index (χ0n) is 9.47. The van der Waals surface area contributed by atoms with Crippen molar-refractivity contribution in [3.63, 3.8) is 0 Å². The lowest BCUT2D eigenvalue weighted by Crippen LogP contribution is -2.42. The zero-order valence-corrected chi connectivity index (χ0v) is 9.47. The molecule has 2 nitrogen and oxygen atoms in total. The summed E-state index contributed by atoms with van der Waals surface area (Å²) < 4.78 is 0. The molecule has 82 valence electrons. The predicted octanol–water partition coefficient (Wildman–Crippen LogP) is 2.00. The Labute approximate surface area is 88.1 Å². The van der Waals surface area contributed by atoms with E-state index in [0.29, 0.717) is 6.04 Å². The van der Waals surface area contributed by atoms with Crippen LogP contribution >= 0.6 is 0 Å². The molecule has 14 heavy (non-hydrogen) atoms. The molecule has 0 bridgehead atoms. The van der Waals surface area contributed by atoms with Gasteiger partial charge in [-0.05, 0) is 39.3 Å². The summed E-state index contributed by atoms with van der Waals surface area (Å²) in [5.41, 5.74) is 0. The van der Waals surface area contributed by atoms with Crippen LogP contribution in [-0.4, -0.2) is 36.6 Å². The number of rotatable bonds is 1. The third-order valence-electron chi connectivity index (χ3n) is 3.71. The Morgan fingerprint density at radius 3 is 2.64 bits per heavy atom. The quantitative estimate of drug-likeness (QED) is 0.690. The molecule has 0 aromatic carbocycles. The topological polar surface area (TPSA) is 15.3 Å². The second-order valence-corrected chi connectivity index (χ2v) is 5.00. The van der Waals surface area contributed by atoms with Crippen molar-refractivity contribution in [3.05, 3.63) is 0 Å². The van der Waals surface area contributed by atoms with E-state index in [-0.39, 0.29) is 0 Å². The van der Waals surface area contributed by atoms with E-state index in [1.165, 1.54) is 58.2 Å². The minimum atomic E-state index is 0.694. The first-order chi connectivity index (χ1) is 6.86. The Hall–Kier alpha value is -0.0800. The average molecular weight is 196 g/mol. The summed E-state index contributed by atoms with van der Waals surface area (Å²) in [5.74, 6) is 0. The molecule has 0 amide bonds. The van der Waals surface area contributed by atoms with Gasteiger partial charge in [-0.3, -0.25) is 4.90 Å². The molecule has 1 aliphatic heterocycles. The van der Waals surface area contributed by atoms with Gasteiger partial charge in [0.1, 0.15) is 0 Å². The monoisotopic (exact) mass is 196 g/mol. The van der Waals surface area contributed by atoms with Gasteiger partial charge in [-0.15, -0.1) is 0 Å². The van der Waals surface area contributed by atoms with Crippen LogP contribution < -0.4 is 5.32 Å². The van der Waals surface area contributed by atoms with Gasteiger partial charge in [-0.2, -0.15) is 0 Å². The second kappa shape index (κ2) is 5.13. The summed E-state index contributed by atoms with van der Waals surface area (Å²) in [4.78, 5) is 2.74. The van der Waals surface area contributed by atoms with Crippen molar-refractivity contribution < 1.29 is 0 Å². The minimum Gasteiger partial charge on any atom is -0.313 e. The van der Waals surface area contributed by atoms with Crippen molar-refractivity contribution in [2.24, 2.45) is 0 Å². The third kappa shape index (κ3) is 2.71. The first-order valence-electron chi connectivity index (χ1n) is 6.33. The van der Waals surface area contributed by atoms with Crippen LogP contribution in [0.1, 0.15) is 45.4 Å². The fraction of sp³-hybridized carbons (Fsp3) is 1.00. The SMILES string of the molecule is CC1CN(C2CCCCC2)CCCN1. The third-order valence-corrected chi connectivity index (χ3v) is 3.71. The van der Waals surface area contributed by atoms with Crippen LogP contribution in [0.15, 0.2) is 0 Å². The molecule has 0 spiro atoms. The number of hydrogen-bond donors (Lipinski definition) is 1. The Morgan fingerprint density at radius 1 is 1.07 bits per heavy atom. The van der Waals surface area contributed by atoms with Crippen LogP contribution in [0, 0.1) is 0 Å². The summed E-state index contributed by atoms with van der Waals surface area (Å²) in [6.07, 6.45) is 8.63. The van der Waals surface area contributed by atoms with Gasteiger partial charge in [-0.1, -0.05) is 19.3 Å². The van der Waals surface area contributed by atoms with Crippen LogP contribution in [0.5, 0.6) is 0 Å². The van der Waals surface area contributed by atoms with Gasteiger partial charge in [0.15, 0.2) is 0 Å². The normalized spacial score (nSPS) is 32.8. The van der Waals surface area contributed by atoms with Gasteiger partial charge in [0.05, 0.1) is 0 Å². The molecule has 0 aromatic rings. The van der Waals surface area contributed by atoms with E-state index in [9.17, 15) is 0 Å². The maximum atomic E-state index is 3.57. The van der Waals surface area contributed by atoms with E-state index < -0.39 is 0 Å². The predicted molar refractivity (Wildman–Crippen MR) is 60.5 cm³/mol. The Bertz CT molecular complexity index is 164. The summed E-state index contributed by atoms with van der Waals surface area (Å²) >= 11 is 0.